The molecule has 0 aliphatic rings. The lowest BCUT2D eigenvalue weighted by atomic mass is 10.2. The molecule has 1 aromatic carbocycles. The molecular formula is C16H16N4O3. The zero-order valence-corrected chi connectivity index (χ0v) is 12.6. The van der Waals surface area contributed by atoms with Gasteiger partial charge >= 0.3 is 0 Å². The second-order valence-corrected chi connectivity index (χ2v) is 4.87. The molecule has 3 rings (SSSR count). The molecule has 118 valence electrons. The Morgan fingerprint density at radius 2 is 2.09 bits per heavy atom. The lowest BCUT2D eigenvalue weighted by molar-refractivity contribution is 0.410. The van der Waals surface area contributed by atoms with E-state index in [0.717, 1.165) is 11.3 Å². The molecule has 0 saturated carbocycles. The topological polar surface area (TPSA) is 93.0 Å². The van der Waals surface area contributed by atoms with E-state index < -0.39 is 0 Å². The van der Waals surface area contributed by atoms with Crippen molar-refractivity contribution in [3.63, 3.8) is 0 Å². The number of hydrogen-bond acceptors (Lipinski definition) is 6. The van der Waals surface area contributed by atoms with Gasteiger partial charge in [-0.15, -0.1) is 10.2 Å². The molecule has 0 saturated heterocycles. The first-order valence-electron chi connectivity index (χ1n) is 7.10. The number of para-hydroxylation sites is 1. The van der Waals surface area contributed by atoms with Crippen LogP contribution in [-0.2, 0) is 13.0 Å². The van der Waals surface area contributed by atoms with Crippen molar-refractivity contribution in [1.82, 2.24) is 15.2 Å². The van der Waals surface area contributed by atoms with Crippen LogP contribution in [0.5, 0.6) is 5.75 Å². The Bertz CT molecular complexity index is 827. The van der Waals surface area contributed by atoms with Crippen molar-refractivity contribution in [3.8, 4) is 5.75 Å². The molecule has 0 unspecified atom stereocenters. The summed E-state index contributed by atoms with van der Waals surface area (Å²) in [6.07, 6.45) is 1.86. The molecule has 2 N–H and O–H groups in total. The first kappa shape index (κ1) is 14.8. The Kier molecular flexibility index (Phi) is 4.37. The van der Waals surface area contributed by atoms with Gasteiger partial charge in [0.2, 0.25) is 5.95 Å². The number of aromatic nitrogens is 3. The van der Waals surface area contributed by atoms with Crippen molar-refractivity contribution < 1.29 is 9.15 Å². The molecule has 2 heterocycles. The van der Waals surface area contributed by atoms with Crippen LogP contribution in [0.4, 0.5) is 5.95 Å². The third-order valence-electron chi connectivity index (χ3n) is 3.33. The zero-order valence-electron chi connectivity index (χ0n) is 12.6. The van der Waals surface area contributed by atoms with E-state index in [1.54, 1.807) is 25.5 Å². The van der Waals surface area contributed by atoms with Crippen LogP contribution in [-0.4, -0.2) is 22.3 Å². The van der Waals surface area contributed by atoms with Crippen LogP contribution in [0, 0.1) is 0 Å². The van der Waals surface area contributed by atoms with Crippen molar-refractivity contribution in [1.29, 1.82) is 0 Å². The molecule has 3 aromatic rings. The monoisotopic (exact) mass is 312 g/mol. The van der Waals surface area contributed by atoms with E-state index >= 15 is 0 Å². The largest absolute Gasteiger partial charge is 0.496 e. The van der Waals surface area contributed by atoms with Gasteiger partial charge in [0.15, 0.2) is 0 Å². The maximum absolute atomic E-state index is 12.0. The number of benzene rings is 1. The Labute approximate surface area is 132 Å². The fraction of sp³-hybridized carbons (Fsp3) is 0.188. The number of rotatable bonds is 6. The fourth-order valence-corrected chi connectivity index (χ4v) is 2.16. The van der Waals surface area contributed by atoms with Crippen LogP contribution in [0.15, 0.2) is 51.9 Å². The lowest BCUT2D eigenvalue weighted by Crippen LogP contribution is -2.19. The second-order valence-electron chi connectivity index (χ2n) is 4.87. The summed E-state index contributed by atoms with van der Waals surface area (Å²) in [5.74, 6) is 1.74. The highest BCUT2D eigenvalue weighted by molar-refractivity contribution is 5.36. The molecule has 23 heavy (non-hydrogen) atoms. The minimum atomic E-state index is -0.293. The van der Waals surface area contributed by atoms with Crippen molar-refractivity contribution in [3.05, 3.63) is 70.0 Å². The Balaban J connectivity index is 1.69. The summed E-state index contributed by atoms with van der Waals surface area (Å²) < 4.78 is 10.5. The quantitative estimate of drug-likeness (QED) is 0.723. The van der Waals surface area contributed by atoms with Gasteiger partial charge < -0.3 is 14.5 Å². The summed E-state index contributed by atoms with van der Waals surface area (Å²) in [5.41, 5.74) is 0.971. The normalized spacial score (nSPS) is 10.5. The zero-order chi connectivity index (χ0) is 16.1. The number of hydrogen-bond donors (Lipinski definition) is 2. The van der Waals surface area contributed by atoms with Crippen LogP contribution in [0.3, 0.4) is 0 Å². The molecule has 0 spiro atoms. The molecule has 0 radical (unpaired) electrons. The number of H-pyrrole nitrogens is 1. The molecule has 7 heteroatoms. The minimum absolute atomic E-state index is 0.293. The molecule has 0 aliphatic carbocycles. The molecule has 0 aliphatic heterocycles. The smallest absolute Gasteiger partial charge is 0.274 e. The summed E-state index contributed by atoms with van der Waals surface area (Å²) in [6.45, 7) is 0.464. The van der Waals surface area contributed by atoms with Gasteiger partial charge in [-0.25, -0.2) is 0 Å². The number of ether oxygens (including phenoxy) is 1. The van der Waals surface area contributed by atoms with Crippen LogP contribution in [0.25, 0.3) is 0 Å². The van der Waals surface area contributed by atoms with Gasteiger partial charge in [0.25, 0.3) is 5.56 Å². The van der Waals surface area contributed by atoms with Gasteiger partial charge in [0.05, 0.1) is 19.8 Å². The Morgan fingerprint density at radius 3 is 2.83 bits per heavy atom. The second kappa shape index (κ2) is 6.78. The predicted molar refractivity (Wildman–Crippen MR) is 84.5 cm³/mol. The van der Waals surface area contributed by atoms with Gasteiger partial charge in [-0.05, 0) is 18.2 Å². The summed E-state index contributed by atoms with van der Waals surface area (Å²) in [4.78, 5) is 14.7. The highest BCUT2D eigenvalue weighted by atomic mass is 16.5. The predicted octanol–water partition coefficient (Wildman–Crippen LogP) is 1.97. The van der Waals surface area contributed by atoms with Crippen molar-refractivity contribution in [2.75, 3.05) is 12.4 Å². The Morgan fingerprint density at radius 1 is 1.22 bits per heavy atom. The summed E-state index contributed by atoms with van der Waals surface area (Å²) >= 11 is 0. The van der Waals surface area contributed by atoms with E-state index in [2.05, 4.69) is 20.5 Å². The first-order valence-corrected chi connectivity index (χ1v) is 7.10. The first-order chi connectivity index (χ1) is 11.3. The summed E-state index contributed by atoms with van der Waals surface area (Å²) in [5, 5.41) is 11.0. The average molecular weight is 312 g/mol. The number of aromatic amines is 1. The number of anilines is 1. The van der Waals surface area contributed by atoms with Crippen LogP contribution in [0.2, 0.25) is 0 Å². The van der Waals surface area contributed by atoms with Gasteiger partial charge in [-0.3, -0.25) is 9.78 Å². The standard InChI is InChI=1S/C16H16N4O3/c1-22-14-7-3-2-5-11(14)10-17-16-18-15(21)13(19-20-16)9-12-6-4-8-23-12/h2-8H,9-10H2,1H3,(H2,17,18,20,21). The number of nitrogens with zero attached hydrogens (tertiary/aromatic N) is 2. The minimum Gasteiger partial charge on any atom is -0.496 e. The summed E-state index contributed by atoms with van der Waals surface area (Å²) in [6, 6.07) is 11.2. The van der Waals surface area contributed by atoms with Gasteiger partial charge in [-0.1, -0.05) is 18.2 Å². The molecule has 0 bridgehead atoms. The Hall–Kier alpha value is -3.09. The third-order valence-corrected chi connectivity index (χ3v) is 3.33. The lowest BCUT2D eigenvalue weighted by Gasteiger charge is -2.09. The van der Waals surface area contributed by atoms with Crippen molar-refractivity contribution in [2.24, 2.45) is 0 Å². The van der Waals surface area contributed by atoms with Crippen LogP contribution in [0.1, 0.15) is 17.0 Å². The molecule has 0 amide bonds. The molecule has 2 aromatic heterocycles. The molecule has 0 fully saturated rings. The number of furan rings is 1. The third kappa shape index (κ3) is 3.57. The van der Waals surface area contributed by atoms with Crippen LogP contribution < -0.4 is 15.6 Å². The fourth-order valence-electron chi connectivity index (χ4n) is 2.16. The SMILES string of the molecule is COc1ccccc1CNc1nnc(Cc2ccco2)c(=O)[nH]1. The highest BCUT2D eigenvalue weighted by Gasteiger charge is 2.08. The van der Waals surface area contributed by atoms with E-state index in [1.807, 2.05) is 24.3 Å². The van der Waals surface area contributed by atoms with E-state index in [1.165, 1.54) is 0 Å². The van der Waals surface area contributed by atoms with Crippen molar-refractivity contribution in [2.45, 2.75) is 13.0 Å². The number of nitrogens with one attached hydrogen (secondary N) is 2. The molecule has 0 atom stereocenters. The number of methoxy groups -OCH3 is 1. The maximum Gasteiger partial charge on any atom is 0.274 e. The van der Waals surface area contributed by atoms with Gasteiger partial charge in [0.1, 0.15) is 17.2 Å². The maximum atomic E-state index is 12.0. The van der Waals surface area contributed by atoms with Crippen LogP contribution >= 0.6 is 0 Å². The average Bonchev–Trinajstić information content (AvgIpc) is 3.08. The highest BCUT2D eigenvalue weighted by Crippen LogP contribution is 2.17. The van der Waals surface area contributed by atoms with E-state index in [-0.39, 0.29) is 5.56 Å². The van der Waals surface area contributed by atoms with E-state index in [0.29, 0.717) is 30.4 Å². The van der Waals surface area contributed by atoms with E-state index in [9.17, 15) is 4.79 Å². The molecular weight excluding hydrogens is 296 g/mol. The van der Waals surface area contributed by atoms with E-state index in [4.69, 9.17) is 9.15 Å². The molecule has 7 nitrogen and oxygen atoms in total. The van der Waals surface area contributed by atoms with Gasteiger partial charge in [0, 0.05) is 12.1 Å². The summed E-state index contributed by atoms with van der Waals surface area (Å²) in [7, 11) is 1.62. The van der Waals surface area contributed by atoms with Gasteiger partial charge in [-0.2, -0.15) is 0 Å². The van der Waals surface area contributed by atoms with Crippen molar-refractivity contribution >= 4 is 5.95 Å².